The second kappa shape index (κ2) is 16.8. The number of unbranched alkanes of at least 4 members (excludes halogenated alkanes) is 1. The first kappa shape index (κ1) is 33.9. The van der Waals surface area contributed by atoms with Gasteiger partial charge in [0.25, 0.3) is 11.8 Å². The first-order valence-electron chi connectivity index (χ1n) is 14.6. The van der Waals surface area contributed by atoms with Crippen LogP contribution in [0.15, 0.2) is 36.4 Å². The molecule has 0 heterocycles. The molecule has 2 aromatic rings. The zero-order valence-electron chi connectivity index (χ0n) is 24.9. The molecule has 226 valence electrons. The molecule has 0 radical (unpaired) electrons. The van der Waals surface area contributed by atoms with Crippen LogP contribution in [0.25, 0.3) is 0 Å². The van der Waals surface area contributed by atoms with Crippen molar-refractivity contribution in [1.29, 1.82) is 0 Å². The van der Waals surface area contributed by atoms with Crippen molar-refractivity contribution < 1.29 is 28.3 Å². The van der Waals surface area contributed by atoms with E-state index in [1.54, 1.807) is 30.9 Å². The molecule has 0 saturated carbocycles. The van der Waals surface area contributed by atoms with E-state index in [0.717, 1.165) is 49.4 Å². The van der Waals surface area contributed by atoms with E-state index in [-0.39, 0.29) is 35.8 Å². The van der Waals surface area contributed by atoms with Gasteiger partial charge >= 0.3 is 0 Å². The molecule has 7 nitrogen and oxygen atoms in total. The number of hydrogen-bond donors (Lipinski definition) is 3. The van der Waals surface area contributed by atoms with Gasteiger partial charge in [-0.05, 0) is 87.4 Å². The van der Waals surface area contributed by atoms with Crippen LogP contribution in [0.5, 0.6) is 0 Å². The fourth-order valence-corrected chi connectivity index (χ4v) is 4.86. The van der Waals surface area contributed by atoms with Gasteiger partial charge in [-0.2, -0.15) is 0 Å². The summed E-state index contributed by atoms with van der Waals surface area (Å²) in [6.45, 7) is 10.7. The predicted molar refractivity (Wildman–Crippen MR) is 157 cm³/mol. The van der Waals surface area contributed by atoms with Crippen LogP contribution < -0.4 is 10.6 Å². The smallest absolute Gasteiger partial charge is 0.253 e. The van der Waals surface area contributed by atoms with Crippen LogP contribution >= 0.6 is 0 Å². The molecule has 0 spiro atoms. The zero-order valence-corrected chi connectivity index (χ0v) is 24.9. The monoisotopic (exact) mass is 573 g/mol. The minimum Gasteiger partial charge on any atom is -0.391 e. The quantitative estimate of drug-likeness (QED) is 0.253. The first-order valence-corrected chi connectivity index (χ1v) is 14.6. The van der Waals surface area contributed by atoms with Crippen molar-refractivity contribution in [3.05, 3.63) is 70.3 Å². The van der Waals surface area contributed by atoms with Crippen molar-refractivity contribution in [2.45, 2.75) is 97.8 Å². The van der Waals surface area contributed by atoms with Crippen molar-refractivity contribution in [1.82, 2.24) is 15.5 Å². The number of carbonyl (C=O) groups is 3. The van der Waals surface area contributed by atoms with Gasteiger partial charge in [-0.25, -0.2) is 8.78 Å². The molecule has 0 aromatic heterocycles. The van der Waals surface area contributed by atoms with Gasteiger partial charge < -0.3 is 20.6 Å². The number of benzene rings is 2. The Hall–Kier alpha value is -3.33. The number of nitrogens with zero attached hydrogens (tertiary/aromatic N) is 1. The third-order valence-corrected chi connectivity index (χ3v) is 6.78. The van der Waals surface area contributed by atoms with Crippen LogP contribution in [-0.4, -0.2) is 59.0 Å². The molecule has 2 aromatic carbocycles. The molecule has 3 N–H and O–H groups in total. The van der Waals surface area contributed by atoms with Crippen LogP contribution in [-0.2, 0) is 11.2 Å². The second-order valence-electron chi connectivity index (χ2n) is 10.8. The van der Waals surface area contributed by atoms with E-state index in [9.17, 15) is 28.3 Å². The summed E-state index contributed by atoms with van der Waals surface area (Å²) in [5, 5.41) is 16.8. The maximum Gasteiger partial charge on any atom is 0.253 e. The number of aliphatic hydroxyl groups is 1. The topological polar surface area (TPSA) is 98.7 Å². The molecule has 0 aliphatic rings. The Balaban J connectivity index is 2.30. The number of hydrogen-bond acceptors (Lipinski definition) is 4. The molecule has 0 unspecified atom stereocenters. The Morgan fingerprint density at radius 2 is 1.49 bits per heavy atom. The molecule has 41 heavy (non-hydrogen) atoms. The molecule has 0 fully saturated rings. The number of halogens is 2. The van der Waals surface area contributed by atoms with Gasteiger partial charge in [-0.15, -0.1) is 0 Å². The molecule has 2 rings (SSSR count). The van der Waals surface area contributed by atoms with E-state index < -0.39 is 35.7 Å². The highest BCUT2D eigenvalue weighted by Crippen LogP contribution is 2.17. The minimum atomic E-state index is -1.14. The minimum absolute atomic E-state index is 0.0452. The summed E-state index contributed by atoms with van der Waals surface area (Å²) in [5.74, 6) is -2.34. The SMILES string of the molecule is CCCCC(=O)N[C@@H](C)C[C@H](O)[C@H](Cc1cc(F)cc(F)c1)NC(=O)c1cc(C)cc(C(=O)N(CCC)CCC)c1. The van der Waals surface area contributed by atoms with Crippen molar-refractivity contribution >= 4 is 17.7 Å². The van der Waals surface area contributed by atoms with Crippen molar-refractivity contribution in [2.75, 3.05) is 13.1 Å². The summed E-state index contributed by atoms with van der Waals surface area (Å²) >= 11 is 0. The number of aliphatic hydroxyl groups excluding tert-OH is 1. The lowest BCUT2D eigenvalue weighted by atomic mass is 9.95. The largest absolute Gasteiger partial charge is 0.391 e. The molecule has 0 aliphatic heterocycles. The summed E-state index contributed by atoms with van der Waals surface area (Å²) in [4.78, 5) is 40.6. The molecular formula is C32H45F2N3O4. The molecular weight excluding hydrogens is 528 g/mol. The standard InChI is InChI=1S/C32H45F2N3O4/c1-6-9-10-30(39)35-22(5)15-29(38)28(18-23-16-26(33)20-27(34)17-23)36-31(40)24-13-21(4)14-25(19-24)32(41)37(11-7-2)12-8-3/h13-14,16-17,19-20,22,28-29,38H,6-12,15,18H2,1-5H3,(H,35,39)(H,36,40)/t22-,28-,29-/m0/s1. The Morgan fingerprint density at radius 3 is 2.07 bits per heavy atom. The lowest BCUT2D eigenvalue weighted by Crippen LogP contribution is -2.47. The van der Waals surface area contributed by atoms with Crippen LogP contribution in [0.3, 0.4) is 0 Å². The van der Waals surface area contributed by atoms with Crippen molar-refractivity contribution in [3.63, 3.8) is 0 Å². The second-order valence-corrected chi connectivity index (χ2v) is 10.8. The number of carbonyl (C=O) groups excluding carboxylic acids is 3. The summed E-state index contributed by atoms with van der Waals surface area (Å²) in [6, 6.07) is 6.67. The van der Waals surface area contributed by atoms with Gasteiger partial charge in [-0.1, -0.05) is 27.2 Å². The average Bonchev–Trinajstić information content (AvgIpc) is 2.89. The highest BCUT2D eigenvalue weighted by Gasteiger charge is 2.26. The van der Waals surface area contributed by atoms with Gasteiger partial charge in [0.2, 0.25) is 5.91 Å². The van der Waals surface area contributed by atoms with E-state index >= 15 is 0 Å². The van der Waals surface area contributed by atoms with Crippen LogP contribution in [0.2, 0.25) is 0 Å². The van der Waals surface area contributed by atoms with Gasteiger partial charge in [0.15, 0.2) is 0 Å². The summed E-state index contributed by atoms with van der Waals surface area (Å²) in [6.07, 6.45) is 2.55. The predicted octanol–water partition coefficient (Wildman–Crippen LogP) is 5.32. The highest BCUT2D eigenvalue weighted by atomic mass is 19.1. The maximum absolute atomic E-state index is 13.9. The average molecular weight is 574 g/mol. The fraction of sp³-hybridized carbons (Fsp3) is 0.531. The normalized spacial score (nSPS) is 13.3. The number of amides is 3. The first-order chi connectivity index (χ1) is 19.5. The molecule has 0 saturated heterocycles. The fourth-order valence-electron chi connectivity index (χ4n) is 4.86. The van der Waals surface area contributed by atoms with Gasteiger partial charge in [0, 0.05) is 42.7 Å². The lowest BCUT2D eigenvalue weighted by Gasteiger charge is -2.27. The van der Waals surface area contributed by atoms with Crippen LogP contribution in [0.1, 0.15) is 98.1 Å². The summed E-state index contributed by atoms with van der Waals surface area (Å²) < 4.78 is 27.9. The molecule has 0 bridgehead atoms. The molecule has 9 heteroatoms. The number of nitrogens with one attached hydrogen (secondary N) is 2. The van der Waals surface area contributed by atoms with E-state index in [1.807, 2.05) is 20.8 Å². The van der Waals surface area contributed by atoms with E-state index in [1.165, 1.54) is 6.07 Å². The lowest BCUT2D eigenvalue weighted by molar-refractivity contribution is -0.122. The number of aryl methyl sites for hydroxylation is 1. The van der Waals surface area contributed by atoms with E-state index in [0.29, 0.717) is 25.1 Å². The highest BCUT2D eigenvalue weighted by molar-refractivity contribution is 6.00. The Bertz CT molecular complexity index is 1150. The molecule has 3 atom stereocenters. The Labute approximate surface area is 242 Å². The van der Waals surface area contributed by atoms with Gasteiger partial charge in [0.1, 0.15) is 11.6 Å². The van der Waals surface area contributed by atoms with E-state index in [2.05, 4.69) is 10.6 Å². The van der Waals surface area contributed by atoms with Gasteiger partial charge in [-0.3, -0.25) is 14.4 Å². The molecule has 0 aliphatic carbocycles. The Kier molecular flexibility index (Phi) is 13.9. The van der Waals surface area contributed by atoms with Crippen molar-refractivity contribution in [2.24, 2.45) is 0 Å². The Morgan fingerprint density at radius 1 is 0.878 bits per heavy atom. The van der Waals surface area contributed by atoms with Crippen LogP contribution in [0, 0.1) is 18.6 Å². The summed E-state index contributed by atoms with van der Waals surface area (Å²) in [5.41, 5.74) is 1.62. The third kappa shape index (κ3) is 11.2. The van der Waals surface area contributed by atoms with Crippen LogP contribution in [0.4, 0.5) is 8.78 Å². The van der Waals surface area contributed by atoms with Gasteiger partial charge in [0.05, 0.1) is 12.1 Å². The van der Waals surface area contributed by atoms with E-state index in [4.69, 9.17) is 0 Å². The maximum atomic E-state index is 13.9. The number of rotatable bonds is 16. The summed E-state index contributed by atoms with van der Waals surface area (Å²) in [7, 11) is 0. The third-order valence-electron chi connectivity index (χ3n) is 6.78. The zero-order chi connectivity index (χ0) is 30.5. The molecule has 3 amide bonds. The van der Waals surface area contributed by atoms with Crippen molar-refractivity contribution in [3.8, 4) is 0 Å².